The van der Waals surface area contributed by atoms with Gasteiger partial charge in [-0.25, -0.2) is 0 Å². The molecule has 0 bridgehead atoms. The van der Waals surface area contributed by atoms with Crippen LogP contribution in [0.1, 0.15) is 40.5 Å². The van der Waals surface area contributed by atoms with Crippen LogP contribution in [0, 0.1) is 10.8 Å². The summed E-state index contributed by atoms with van der Waals surface area (Å²) in [6.45, 7) is 9.50. The molecule has 0 unspecified atom stereocenters. The molecule has 1 rings (SSSR count). The van der Waals surface area contributed by atoms with Crippen LogP contribution in [0.15, 0.2) is 0 Å². The van der Waals surface area contributed by atoms with Gasteiger partial charge in [0.15, 0.2) is 0 Å². The third-order valence-electron chi connectivity index (χ3n) is 3.64. The fourth-order valence-electron chi connectivity index (χ4n) is 1.78. The standard InChI is InChI=1S/C10H18Br2/c1-9(2)5-7(11)8(12)6-10(9,3)4/h7-8H,5-6H2,1-4H3/t7-,8-/m0/s1. The van der Waals surface area contributed by atoms with Gasteiger partial charge in [-0.3, -0.25) is 0 Å². The molecular formula is C10H18Br2. The van der Waals surface area contributed by atoms with Gasteiger partial charge in [0.25, 0.3) is 0 Å². The summed E-state index contributed by atoms with van der Waals surface area (Å²) >= 11 is 7.47. The van der Waals surface area contributed by atoms with Crippen LogP contribution in [-0.2, 0) is 0 Å². The van der Waals surface area contributed by atoms with Crippen molar-refractivity contribution < 1.29 is 0 Å². The Hall–Kier alpha value is 0.960. The van der Waals surface area contributed by atoms with E-state index in [1.54, 1.807) is 0 Å². The molecule has 0 aromatic heterocycles. The zero-order chi connectivity index (χ0) is 9.57. The van der Waals surface area contributed by atoms with Crippen LogP contribution < -0.4 is 0 Å². The van der Waals surface area contributed by atoms with Crippen molar-refractivity contribution in [1.82, 2.24) is 0 Å². The lowest BCUT2D eigenvalue weighted by molar-refractivity contribution is 0.0610. The van der Waals surface area contributed by atoms with E-state index in [0.29, 0.717) is 20.5 Å². The predicted molar refractivity (Wildman–Crippen MR) is 62.2 cm³/mol. The summed E-state index contributed by atoms with van der Waals surface area (Å²) < 4.78 is 0. The van der Waals surface area contributed by atoms with Crippen molar-refractivity contribution in [2.75, 3.05) is 0 Å². The smallest absolute Gasteiger partial charge is 0.0276 e. The number of hydrogen-bond donors (Lipinski definition) is 0. The van der Waals surface area contributed by atoms with Crippen molar-refractivity contribution in [2.24, 2.45) is 10.8 Å². The monoisotopic (exact) mass is 296 g/mol. The van der Waals surface area contributed by atoms with Crippen LogP contribution in [0.3, 0.4) is 0 Å². The molecule has 0 spiro atoms. The van der Waals surface area contributed by atoms with Crippen LogP contribution in [-0.4, -0.2) is 9.65 Å². The average Bonchev–Trinajstić information content (AvgIpc) is 1.82. The highest BCUT2D eigenvalue weighted by Gasteiger charge is 2.45. The molecule has 1 aliphatic rings. The third-order valence-corrected chi connectivity index (χ3v) is 6.27. The predicted octanol–water partition coefficient (Wildman–Crippen LogP) is 4.36. The highest BCUT2D eigenvalue weighted by molar-refractivity contribution is 9.12. The summed E-state index contributed by atoms with van der Waals surface area (Å²) in [5.74, 6) is 0. The lowest BCUT2D eigenvalue weighted by Gasteiger charge is -2.49. The highest BCUT2D eigenvalue weighted by Crippen LogP contribution is 2.52. The Morgan fingerprint density at radius 3 is 1.33 bits per heavy atom. The summed E-state index contributed by atoms with van der Waals surface area (Å²) in [6.07, 6.45) is 2.52. The summed E-state index contributed by atoms with van der Waals surface area (Å²) in [6, 6.07) is 0. The number of rotatable bonds is 0. The van der Waals surface area contributed by atoms with E-state index in [2.05, 4.69) is 59.6 Å². The van der Waals surface area contributed by atoms with Gasteiger partial charge in [0.2, 0.25) is 0 Å². The van der Waals surface area contributed by atoms with E-state index >= 15 is 0 Å². The topological polar surface area (TPSA) is 0 Å². The van der Waals surface area contributed by atoms with Crippen LogP contribution >= 0.6 is 31.9 Å². The van der Waals surface area contributed by atoms with Crippen molar-refractivity contribution >= 4 is 31.9 Å². The van der Waals surface area contributed by atoms with Gasteiger partial charge < -0.3 is 0 Å². The maximum Gasteiger partial charge on any atom is 0.0276 e. The number of halogens is 2. The van der Waals surface area contributed by atoms with Gasteiger partial charge in [-0.2, -0.15) is 0 Å². The Bertz CT molecular complexity index is 153. The van der Waals surface area contributed by atoms with Crippen LogP contribution in [0.25, 0.3) is 0 Å². The Balaban J connectivity index is 2.80. The molecular weight excluding hydrogens is 280 g/mol. The van der Waals surface area contributed by atoms with E-state index in [0.717, 1.165) is 0 Å². The average molecular weight is 298 g/mol. The first kappa shape index (κ1) is 11.0. The van der Waals surface area contributed by atoms with E-state index < -0.39 is 0 Å². The molecule has 72 valence electrons. The van der Waals surface area contributed by atoms with Crippen LogP contribution in [0.2, 0.25) is 0 Å². The summed E-state index contributed by atoms with van der Waals surface area (Å²) in [7, 11) is 0. The van der Waals surface area contributed by atoms with Gasteiger partial charge in [0, 0.05) is 9.65 Å². The second-order valence-corrected chi connectivity index (χ2v) is 7.56. The molecule has 12 heavy (non-hydrogen) atoms. The van der Waals surface area contributed by atoms with Gasteiger partial charge >= 0.3 is 0 Å². The maximum atomic E-state index is 3.73. The van der Waals surface area contributed by atoms with Crippen molar-refractivity contribution in [3.05, 3.63) is 0 Å². The van der Waals surface area contributed by atoms with Gasteiger partial charge in [-0.1, -0.05) is 59.6 Å². The zero-order valence-electron chi connectivity index (χ0n) is 8.32. The summed E-state index contributed by atoms with van der Waals surface area (Å²) in [5, 5.41) is 0. The lowest BCUT2D eigenvalue weighted by atomic mass is 9.60. The molecule has 0 saturated heterocycles. The fourth-order valence-corrected chi connectivity index (χ4v) is 3.78. The maximum absolute atomic E-state index is 3.73. The Labute approximate surface area is 92.8 Å². The van der Waals surface area contributed by atoms with Crippen LogP contribution in [0.4, 0.5) is 0 Å². The Morgan fingerprint density at radius 1 is 0.833 bits per heavy atom. The van der Waals surface area contributed by atoms with Gasteiger partial charge in [0.1, 0.15) is 0 Å². The molecule has 1 aliphatic carbocycles. The SMILES string of the molecule is CC1(C)C[C@H](Br)[C@@H](Br)CC1(C)C. The second kappa shape index (κ2) is 3.27. The van der Waals surface area contributed by atoms with E-state index in [-0.39, 0.29) is 0 Å². The molecule has 2 atom stereocenters. The molecule has 0 aliphatic heterocycles. The minimum absolute atomic E-state index is 0.450. The molecule has 0 heterocycles. The van der Waals surface area contributed by atoms with Crippen molar-refractivity contribution in [2.45, 2.75) is 50.2 Å². The molecule has 0 aromatic rings. The van der Waals surface area contributed by atoms with E-state index in [4.69, 9.17) is 0 Å². The van der Waals surface area contributed by atoms with Crippen LogP contribution in [0.5, 0.6) is 0 Å². The van der Waals surface area contributed by atoms with Crippen molar-refractivity contribution in [1.29, 1.82) is 0 Å². The molecule has 1 fully saturated rings. The molecule has 2 heteroatoms. The quantitative estimate of drug-likeness (QED) is 0.583. The first-order chi connectivity index (χ1) is 5.26. The first-order valence-electron chi connectivity index (χ1n) is 4.54. The molecule has 0 radical (unpaired) electrons. The van der Waals surface area contributed by atoms with E-state index in [1.165, 1.54) is 12.8 Å². The lowest BCUT2D eigenvalue weighted by Crippen LogP contribution is -2.44. The first-order valence-corrected chi connectivity index (χ1v) is 6.37. The second-order valence-electron chi connectivity index (χ2n) is 5.21. The Morgan fingerprint density at radius 2 is 1.08 bits per heavy atom. The third kappa shape index (κ3) is 1.89. The zero-order valence-corrected chi connectivity index (χ0v) is 11.5. The van der Waals surface area contributed by atoms with Crippen molar-refractivity contribution in [3.8, 4) is 0 Å². The van der Waals surface area contributed by atoms with Crippen molar-refractivity contribution in [3.63, 3.8) is 0 Å². The molecule has 0 nitrogen and oxygen atoms in total. The normalized spacial score (nSPS) is 39.5. The minimum Gasteiger partial charge on any atom is -0.0878 e. The summed E-state index contributed by atoms with van der Waals surface area (Å²) in [4.78, 5) is 1.28. The molecule has 1 saturated carbocycles. The molecule has 0 amide bonds. The highest BCUT2D eigenvalue weighted by atomic mass is 79.9. The van der Waals surface area contributed by atoms with Gasteiger partial charge in [-0.05, 0) is 23.7 Å². The van der Waals surface area contributed by atoms with E-state index in [1.807, 2.05) is 0 Å². The fraction of sp³-hybridized carbons (Fsp3) is 1.00. The largest absolute Gasteiger partial charge is 0.0878 e. The molecule has 0 aromatic carbocycles. The summed E-state index contributed by atoms with van der Waals surface area (Å²) in [5.41, 5.74) is 0.900. The number of hydrogen-bond acceptors (Lipinski definition) is 0. The van der Waals surface area contributed by atoms with Gasteiger partial charge in [0.05, 0.1) is 0 Å². The minimum atomic E-state index is 0.450. The van der Waals surface area contributed by atoms with E-state index in [9.17, 15) is 0 Å². The Kier molecular flexibility index (Phi) is 3.01. The molecule has 0 N–H and O–H groups in total. The van der Waals surface area contributed by atoms with Gasteiger partial charge in [-0.15, -0.1) is 0 Å². The number of alkyl halides is 2.